The number of nitrogen functional groups attached to an aromatic ring is 1. The minimum Gasteiger partial charge on any atom is -0.492 e. The van der Waals surface area contributed by atoms with E-state index in [2.05, 4.69) is 17.6 Å². The lowest BCUT2D eigenvalue weighted by Crippen LogP contribution is -2.55. The van der Waals surface area contributed by atoms with E-state index in [4.69, 9.17) is 20.2 Å². The Labute approximate surface area is 263 Å². The molecular weight excluding hydrogens is 606 g/mol. The molecule has 14 heteroatoms. The molecule has 10 nitrogen and oxygen atoms in total. The van der Waals surface area contributed by atoms with Gasteiger partial charge in [-0.15, -0.1) is 0 Å². The van der Waals surface area contributed by atoms with Crippen molar-refractivity contribution in [3.05, 3.63) is 48.0 Å². The van der Waals surface area contributed by atoms with Gasteiger partial charge in [0.25, 0.3) is 0 Å². The lowest BCUT2D eigenvalue weighted by Gasteiger charge is -2.41. The molecule has 4 heterocycles. The molecule has 3 aromatic rings. The van der Waals surface area contributed by atoms with Crippen LogP contribution in [0.1, 0.15) is 24.0 Å². The summed E-state index contributed by atoms with van der Waals surface area (Å²) >= 11 is 0. The van der Waals surface area contributed by atoms with E-state index in [0.29, 0.717) is 35.5 Å². The zero-order valence-corrected chi connectivity index (χ0v) is 25.2. The Kier molecular flexibility index (Phi) is 8.37. The molecule has 1 aromatic heterocycles. The van der Waals surface area contributed by atoms with Gasteiger partial charge >= 0.3 is 12.2 Å². The Morgan fingerprint density at radius 1 is 1.22 bits per heavy atom. The van der Waals surface area contributed by atoms with Gasteiger partial charge in [0, 0.05) is 49.9 Å². The number of benzene rings is 2. The number of nitriles is 1. The number of carbonyl (C=O) groups excluding carboxylic acids is 1. The summed E-state index contributed by atoms with van der Waals surface area (Å²) in [6.45, 7) is 5.06. The quantitative estimate of drug-likeness (QED) is 0.228. The number of fused-ring (bicyclic) bond motifs is 3. The number of aromatic nitrogens is 2. The van der Waals surface area contributed by atoms with Crippen molar-refractivity contribution in [3.63, 3.8) is 0 Å². The van der Waals surface area contributed by atoms with Crippen LogP contribution in [0, 0.1) is 11.3 Å². The molecule has 2 N–H and O–H groups in total. The standard InChI is InChI=1S/C32H33F4N7O3/c1-3-27(44)43-10-9-42(16-20(43)6-8-37)30-28-26(39-31(40-30)46-17-21-12-18(33)15-41(21)2)14-23(22-7-11-45-29(22)28)24-13-19(38)4-5-25(24)32(34,35)36/h3-5,13-14,18,20-21H,1,6-7,9-12,15-17,38H2,2H3/t18-,20+,21+/m1/s1. The number of rotatable bonds is 7. The van der Waals surface area contributed by atoms with E-state index in [-0.39, 0.29) is 86.0 Å². The van der Waals surface area contributed by atoms with Gasteiger partial charge in [0.2, 0.25) is 5.91 Å². The molecule has 0 spiro atoms. The summed E-state index contributed by atoms with van der Waals surface area (Å²) in [6.07, 6.45) is -3.72. The fraction of sp³-hybridized carbons (Fsp3) is 0.438. The molecule has 0 radical (unpaired) electrons. The largest absolute Gasteiger partial charge is 0.492 e. The van der Waals surface area contributed by atoms with E-state index in [1.54, 1.807) is 18.0 Å². The van der Waals surface area contributed by atoms with Crippen molar-refractivity contribution >= 4 is 28.3 Å². The van der Waals surface area contributed by atoms with Crippen LogP contribution in [-0.2, 0) is 17.4 Å². The Morgan fingerprint density at radius 3 is 2.72 bits per heavy atom. The minimum absolute atomic E-state index is 0.0350. The second-order valence-corrected chi connectivity index (χ2v) is 11.8. The summed E-state index contributed by atoms with van der Waals surface area (Å²) < 4.78 is 68.8. The first-order chi connectivity index (χ1) is 22.0. The molecule has 0 aliphatic carbocycles. The highest BCUT2D eigenvalue weighted by Crippen LogP contribution is 2.47. The zero-order chi connectivity index (χ0) is 32.7. The van der Waals surface area contributed by atoms with Gasteiger partial charge in [-0.2, -0.15) is 28.4 Å². The lowest BCUT2D eigenvalue weighted by atomic mass is 9.91. The number of amides is 1. The monoisotopic (exact) mass is 639 g/mol. The number of anilines is 2. The fourth-order valence-corrected chi connectivity index (χ4v) is 6.60. The third-order valence-electron chi connectivity index (χ3n) is 8.85. The lowest BCUT2D eigenvalue weighted by molar-refractivity contribution is -0.137. The van der Waals surface area contributed by atoms with Crippen LogP contribution >= 0.6 is 0 Å². The Balaban J connectivity index is 1.50. The molecule has 2 aromatic carbocycles. The number of halogens is 4. The number of carbonyl (C=O) groups is 1. The maximum Gasteiger partial charge on any atom is 0.417 e. The van der Waals surface area contributed by atoms with Gasteiger partial charge in [0.15, 0.2) is 0 Å². The maximum absolute atomic E-state index is 14.2. The minimum atomic E-state index is -4.64. The highest BCUT2D eigenvalue weighted by molar-refractivity contribution is 6.01. The second kappa shape index (κ2) is 12.3. The second-order valence-electron chi connectivity index (χ2n) is 11.8. The summed E-state index contributed by atoms with van der Waals surface area (Å²) in [7, 11) is 1.80. The molecule has 0 saturated carbocycles. The number of alkyl halides is 4. The van der Waals surface area contributed by atoms with Gasteiger partial charge in [-0.25, -0.2) is 4.39 Å². The van der Waals surface area contributed by atoms with Crippen molar-refractivity contribution < 1.29 is 31.8 Å². The summed E-state index contributed by atoms with van der Waals surface area (Å²) in [6, 6.07) is 6.48. The van der Waals surface area contributed by atoms with Crippen molar-refractivity contribution in [1.29, 1.82) is 5.26 Å². The van der Waals surface area contributed by atoms with E-state index >= 15 is 0 Å². The van der Waals surface area contributed by atoms with Gasteiger partial charge in [-0.05, 0) is 54.9 Å². The summed E-state index contributed by atoms with van der Waals surface area (Å²) in [5.74, 6) is 0.478. The van der Waals surface area contributed by atoms with Gasteiger partial charge < -0.3 is 25.0 Å². The number of nitrogens with zero attached hydrogens (tertiary/aromatic N) is 6. The number of likely N-dealkylation sites (N-methyl/N-ethyl adjacent to an activating group) is 1. The van der Waals surface area contributed by atoms with Crippen LogP contribution in [0.15, 0.2) is 36.9 Å². The first-order valence-electron chi connectivity index (χ1n) is 15.0. The van der Waals surface area contributed by atoms with Crippen LogP contribution in [0.25, 0.3) is 22.0 Å². The van der Waals surface area contributed by atoms with Crippen LogP contribution < -0.4 is 20.1 Å². The van der Waals surface area contributed by atoms with Crippen molar-refractivity contribution in [2.75, 3.05) is 57.1 Å². The molecule has 0 bridgehead atoms. The Bertz CT molecular complexity index is 1730. The molecule has 242 valence electrons. The first kappa shape index (κ1) is 31.3. The van der Waals surface area contributed by atoms with Gasteiger partial charge in [0.1, 0.15) is 24.3 Å². The van der Waals surface area contributed by atoms with Crippen LogP contribution in [-0.4, -0.2) is 90.4 Å². The summed E-state index contributed by atoms with van der Waals surface area (Å²) in [5, 5.41) is 10.0. The van der Waals surface area contributed by atoms with Crippen LogP contribution in [0.5, 0.6) is 11.8 Å². The van der Waals surface area contributed by atoms with Crippen LogP contribution in [0.4, 0.5) is 29.1 Å². The zero-order valence-electron chi connectivity index (χ0n) is 25.2. The number of piperazine rings is 1. The van der Waals surface area contributed by atoms with E-state index in [9.17, 15) is 27.6 Å². The average Bonchev–Trinajstić information content (AvgIpc) is 3.64. The third-order valence-corrected chi connectivity index (χ3v) is 8.85. The maximum atomic E-state index is 14.2. The summed E-state index contributed by atoms with van der Waals surface area (Å²) in [4.78, 5) is 27.3. The smallest absolute Gasteiger partial charge is 0.417 e. The van der Waals surface area contributed by atoms with Gasteiger partial charge in [-0.3, -0.25) is 9.69 Å². The highest BCUT2D eigenvalue weighted by atomic mass is 19.4. The molecule has 6 rings (SSSR count). The normalized spacial score (nSPS) is 21.6. The third kappa shape index (κ3) is 5.87. The van der Waals surface area contributed by atoms with Crippen molar-refractivity contribution in [2.45, 2.75) is 43.7 Å². The van der Waals surface area contributed by atoms with Crippen molar-refractivity contribution in [2.24, 2.45) is 0 Å². The fourth-order valence-electron chi connectivity index (χ4n) is 6.60. The predicted octanol–water partition coefficient (Wildman–Crippen LogP) is 4.37. The van der Waals surface area contributed by atoms with E-state index in [1.165, 1.54) is 18.2 Å². The van der Waals surface area contributed by atoms with Crippen LogP contribution in [0.3, 0.4) is 0 Å². The van der Waals surface area contributed by atoms with Crippen molar-refractivity contribution in [3.8, 4) is 29.0 Å². The van der Waals surface area contributed by atoms with E-state index in [1.807, 2.05) is 9.80 Å². The summed E-state index contributed by atoms with van der Waals surface area (Å²) in [5.41, 5.74) is 6.36. The topological polar surface area (TPSA) is 121 Å². The SMILES string of the molecule is C=CC(=O)N1CCN(c2nc(OC[C@@H]3C[C@@H](F)CN3C)nc3cc(-c4cc(N)ccc4C(F)(F)F)c4c(c23)OCC4)C[C@@H]1CC#N. The predicted molar refractivity (Wildman–Crippen MR) is 163 cm³/mol. The molecular formula is C32H33F4N7O3. The van der Waals surface area contributed by atoms with Crippen LogP contribution in [0.2, 0.25) is 0 Å². The van der Waals surface area contributed by atoms with E-state index < -0.39 is 24.0 Å². The van der Waals surface area contributed by atoms with Gasteiger partial charge in [-0.1, -0.05) is 6.58 Å². The van der Waals surface area contributed by atoms with Gasteiger partial charge in [0.05, 0.1) is 41.6 Å². The molecule has 46 heavy (non-hydrogen) atoms. The molecule has 3 aliphatic heterocycles. The number of hydrogen-bond donors (Lipinski definition) is 1. The number of ether oxygens (including phenoxy) is 2. The molecule has 3 atom stereocenters. The average molecular weight is 640 g/mol. The first-order valence-corrected chi connectivity index (χ1v) is 15.0. The highest BCUT2D eigenvalue weighted by Gasteiger charge is 2.37. The van der Waals surface area contributed by atoms with Crippen molar-refractivity contribution in [1.82, 2.24) is 19.8 Å². The molecule has 2 fully saturated rings. The number of hydrogen-bond acceptors (Lipinski definition) is 9. The molecule has 3 aliphatic rings. The number of likely N-dealkylation sites (tertiary alicyclic amines) is 1. The molecule has 0 unspecified atom stereocenters. The molecule has 2 saturated heterocycles. The van der Waals surface area contributed by atoms with E-state index in [0.717, 1.165) is 6.07 Å². The number of nitrogens with two attached hydrogens (primary N) is 1. The Morgan fingerprint density at radius 2 is 2.02 bits per heavy atom. The molecule has 1 amide bonds. The Hall–Kier alpha value is -4.64.